The summed E-state index contributed by atoms with van der Waals surface area (Å²) in [6, 6.07) is 9.14. The SMILES string of the molecule is CC(C)c1nc2cc(NC(=O)CCOc3ccc(F)cc3Cl)ccc2o1. The normalized spacial score (nSPS) is 11.1. The zero-order valence-corrected chi connectivity index (χ0v) is 15.1. The molecule has 136 valence electrons. The van der Waals surface area contributed by atoms with Gasteiger partial charge >= 0.3 is 0 Å². The Labute approximate surface area is 155 Å². The van der Waals surface area contributed by atoms with Gasteiger partial charge in [0.2, 0.25) is 5.91 Å². The molecule has 1 aromatic heterocycles. The molecule has 0 fully saturated rings. The number of nitrogens with zero attached hydrogens (tertiary/aromatic N) is 1. The predicted octanol–water partition coefficient (Wildman–Crippen LogP) is 5.15. The van der Waals surface area contributed by atoms with E-state index in [-0.39, 0.29) is 29.9 Å². The minimum Gasteiger partial charge on any atom is -0.491 e. The van der Waals surface area contributed by atoms with Gasteiger partial charge < -0.3 is 14.5 Å². The van der Waals surface area contributed by atoms with Crippen molar-refractivity contribution in [3.63, 3.8) is 0 Å². The van der Waals surface area contributed by atoms with Gasteiger partial charge in [0.15, 0.2) is 11.5 Å². The van der Waals surface area contributed by atoms with Gasteiger partial charge in [-0.3, -0.25) is 4.79 Å². The quantitative estimate of drug-likeness (QED) is 0.646. The van der Waals surface area contributed by atoms with E-state index in [4.69, 9.17) is 20.8 Å². The number of nitrogens with one attached hydrogen (secondary N) is 1. The van der Waals surface area contributed by atoms with E-state index in [2.05, 4.69) is 10.3 Å². The molecule has 0 saturated carbocycles. The van der Waals surface area contributed by atoms with Crippen LogP contribution in [0.5, 0.6) is 5.75 Å². The van der Waals surface area contributed by atoms with Crippen molar-refractivity contribution in [1.29, 1.82) is 0 Å². The largest absolute Gasteiger partial charge is 0.491 e. The van der Waals surface area contributed by atoms with Gasteiger partial charge in [-0.15, -0.1) is 0 Å². The molecule has 0 bridgehead atoms. The minimum absolute atomic E-state index is 0.126. The molecule has 0 aliphatic rings. The van der Waals surface area contributed by atoms with Crippen LogP contribution in [-0.2, 0) is 4.79 Å². The lowest BCUT2D eigenvalue weighted by atomic mass is 10.2. The molecule has 0 atom stereocenters. The molecular weight excluding hydrogens is 359 g/mol. The second-order valence-electron chi connectivity index (χ2n) is 6.11. The van der Waals surface area contributed by atoms with Gasteiger partial charge in [-0.05, 0) is 36.4 Å². The highest BCUT2D eigenvalue weighted by atomic mass is 35.5. The molecule has 1 N–H and O–H groups in total. The minimum atomic E-state index is -0.441. The van der Waals surface area contributed by atoms with Crippen molar-refractivity contribution >= 4 is 34.3 Å². The summed E-state index contributed by atoms with van der Waals surface area (Å²) < 4.78 is 24.0. The number of benzene rings is 2. The highest BCUT2D eigenvalue weighted by Crippen LogP contribution is 2.25. The molecule has 0 unspecified atom stereocenters. The number of aromatic nitrogens is 1. The number of oxazole rings is 1. The monoisotopic (exact) mass is 376 g/mol. The molecule has 26 heavy (non-hydrogen) atoms. The number of carbonyl (C=O) groups is 1. The van der Waals surface area contributed by atoms with Crippen molar-refractivity contribution in [1.82, 2.24) is 4.98 Å². The molecule has 1 amide bonds. The smallest absolute Gasteiger partial charge is 0.227 e. The van der Waals surface area contributed by atoms with Crippen molar-refractivity contribution in [3.8, 4) is 5.75 Å². The van der Waals surface area contributed by atoms with Gasteiger partial charge in [0, 0.05) is 11.6 Å². The number of halogens is 2. The summed E-state index contributed by atoms with van der Waals surface area (Å²) in [4.78, 5) is 16.5. The first-order valence-corrected chi connectivity index (χ1v) is 8.58. The van der Waals surface area contributed by atoms with E-state index in [1.54, 1.807) is 18.2 Å². The zero-order valence-electron chi connectivity index (χ0n) is 14.4. The van der Waals surface area contributed by atoms with Crippen LogP contribution in [0.2, 0.25) is 5.02 Å². The average molecular weight is 377 g/mol. The number of carbonyl (C=O) groups excluding carboxylic acids is 1. The first-order chi connectivity index (χ1) is 12.4. The molecule has 1 heterocycles. The van der Waals surface area contributed by atoms with Crippen LogP contribution >= 0.6 is 11.6 Å². The van der Waals surface area contributed by atoms with Crippen LogP contribution in [0.25, 0.3) is 11.1 Å². The van der Waals surface area contributed by atoms with Gasteiger partial charge in [-0.1, -0.05) is 25.4 Å². The third-order valence-corrected chi connectivity index (χ3v) is 3.96. The van der Waals surface area contributed by atoms with Crippen LogP contribution in [0.1, 0.15) is 32.1 Å². The summed E-state index contributed by atoms with van der Waals surface area (Å²) >= 11 is 5.87. The van der Waals surface area contributed by atoms with E-state index >= 15 is 0 Å². The van der Waals surface area contributed by atoms with E-state index in [0.717, 1.165) is 6.07 Å². The molecule has 0 saturated heterocycles. The van der Waals surface area contributed by atoms with Crippen LogP contribution in [0, 0.1) is 5.82 Å². The Hall–Kier alpha value is -2.60. The van der Waals surface area contributed by atoms with Gasteiger partial charge in [-0.2, -0.15) is 0 Å². The lowest BCUT2D eigenvalue weighted by Gasteiger charge is -2.08. The molecule has 3 rings (SSSR count). The molecule has 2 aromatic carbocycles. The Kier molecular flexibility index (Phi) is 5.42. The third kappa shape index (κ3) is 4.32. The summed E-state index contributed by atoms with van der Waals surface area (Å²) in [5, 5.41) is 2.96. The maximum absolute atomic E-state index is 13.0. The lowest BCUT2D eigenvalue weighted by Crippen LogP contribution is -2.15. The van der Waals surface area contributed by atoms with Crippen LogP contribution < -0.4 is 10.1 Å². The molecular formula is C19H18ClFN2O3. The molecule has 0 aliphatic heterocycles. The lowest BCUT2D eigenvalue weighted by molar-refractivity contribution is -0.116. The number of hydrogen-bond acceptors (Lipinski definition) is 4. The first-order valence-electron chi connectivity index (χ1n) is 8.20. The maximum Gasteiger partial charge on any atom is 0.227 e. The second-order valence-corrected chi connectivity index (χ2v) is 6.52. The summed E-state index contributed by atoms with van der Waals surface area (Å²) in [5.41, 5.74) is 2.01. The first kappa shape index (κ1) is 18.2. The van der Waals surface area contributed by atoms with Crippen molar-refractivity contribution < 1.29 is 18.3 Å². The molecule has 0 radical (unpaired) electrons. The fourth-order valence-corrected chi connectivity index (χ4v) is 2.56. The molecule has 7 heteroatoms. The number of hydrogen-bond donors (Lipinski definition) is 1. The van der Waals surface area contributed by atoms with Gasteiger partial charge in [0.05, 0.1) is 18.1 Å². The Balaban J connectivity index is 1.56. The topological polar surface area (TPSA) is 64.4 Å². The summed E-state index contributed by atoms with van der Waals surface area (Å²) in [6.45, 7) is 4.13. The van der Waals surface area contributed by atoms with E-state index < -0.39 is 5.82 Å². The van der Waals surface area contributed by atoms with Crippen LogP contribution in [0.4, 0.5) is 10.1 Å². The van der Waals surface area contributed by atoms with Gasteiger partial charge in [0.1, 0.15) is 17.1 Å². The Morgan fingerprint density at radius 3 is 2.85 bits per heavy atom. The van der Waals surface area contributed by atoms with E-state index in [9.17, 15) is 9.18 Å². The number of amides is 1. The number of fused-ring (bicyclic) bond motifs is 1. The highest BCUT2D eigenvalue weighted by Gasteiger charge is 2.11. The van der Waals surface area contributed by atoms with Crippen molar-refractivity contribution in [3.05, 3.63) is 53.1 Å². The average Bonchev–Trinajstić information content (AvgIpc) is 3.00. The highest BCUT2D eigenvalue weighted by molar-refractivity contribution is 6.32. The van der Waals surface area contributed by atoms with Gasteiger partial charge in [0.25, 0.3) is 0 Å². The van der Waals surface area contributed by atoms with Crippen molar-refractivity contribution in [2.75, 3.05) is 11.9 Å². The standard InChI is InChI=1S/C19H18ClFN2O3/c1-11(2)19-23-15-10-13(4-6-17(15)26-19)22-18(24)7-8-25-16-5-3-12(21)9-14(16)20/h3-6,9-11H,7-8H2,1-2H3,(H,22,24). The summed E-state index contributed by atoms with van der Waals surface area (Å²) in [5.74, 6) is 0.536. The maximum atomic E-state index is 13.0. The second kappa shape index (κ2) is 7.74. The fourth-order valence-electron chi connectivity index (χ4n) is 2.34. The molecule has 3 aromatic rings. The van der Waals surface area contributed by atoms with E-state index in [1.165, 1.54) is 12.1 Å². The molecule has 0 aliphatic carbocycles. The fraction of sp³-hybridized carbons (Fsp3) is 0.263. The molecule has 5 nitrogen and oxygen atoms in total. The third-order valence-electron chi connectivity index (χ3n) is 3.66. The number of anilines is 1. The zero-order chi connectivity index (χ0) is 18.7. The Morgan fingerprint density at radius 2 is 2.12 bits per heavy atom. The summed E-state index contributed by atoms with van der Waals surface area (Å²) in [6.07, 6.45) is 0.127. The van der Waals surface area contributed by atoms with Crippen LogP contribution in [0.15, 0.2) is 40.8 Å². The Bertz CT molecular complexity index is 940. The van der Waals surface area contributed by atoms with E-state index in [0.29, 0.717) is 28.4 Å². The predicted molar refractivity (Wildman–Crippen MR) is 98.2 cm³/mol. The van der Waals surface area contributed by atoms with Crippen molar-refractivity contribution in [2.45, 2.75) is 26.2 Å². The van der Waals surface area contributed by atoms with E-state index in [1.807, 2.05) is 13.8 Å². The van der Waals surface area contributed by atoms with Crippen molar-refractivity contribution in [2.24, 2.45) is 0 Å². The molecule has 0 spiro atoms. The number of rotatable bonds is 6. The Morgan fingerprint density at radius 1 is 1.31 bits per heavy atom. The van der Waals surface area contributed by atoms with Crippen LogP contribution in [0.3, 0.4) is 0 Å². The van der Waals surface area contributed by atoms with Gasteiger partial charge in [-0.25, -0.2) is 9.37 Å². The summed E-state index contributed by atoms with van der Waals surface area (Å²) in [7, 11) is 0. The number of ether oxygens (including phenoxy) is 1. The van der Waals surface area contributed by atoms with Crippen LogP contribution in [-0.4, -0.2) is 17.5 Å².